The highest BCUT2D eigenvalue weighted by atomic mass is 127. The van der Waals surface area contributed by atoms with Gasteiger partial charge in [-0.05, 0) is 66.5 Å². The smallest absolute Gasteiger partial charge is 0.251 e. The summed E-state index contributed by atoms with van der Waals surface area (Å²) in [5.41, 5.74) is 0.768. The minimum absolute atomic E-state index is 0.0617. The van der Waals surface area contributed by atoms with Crippen molar-refractivity contribution in [3.8, 4) is 0 Å². The Hall–Kier alpha value is -0.580. The zero-order valence-electron chi connectivity index (χ0n) is 10.8. The first-order valence-corrected chi connectivity index (χ1v) is 7.81. The molecule has 1 fully saturated rings. The van der Waals surface area contributed by atoms with Gasteiger partial charge in [0.15, 0.2) is 0 Å². The molecule has 1 unspecified atom stereocenters. The van der Waals surface area contributed by atoms with Crippen LogP contribution in [0.1, 0.15) is 49.4 Å². The van der Waals surface area contributed by atoms with E-state index in [0.717, 1.165) is 9.13 Å². The van der Waals surface area contributed by atoms with Gasteiger partial charge in [0.2, 0.25) is 0 Å². The summed E-state index contributed by atoms with van der Waals surface area (Å²) >= 11 is 2.24. The Kier molecular flexibility index (Phi) is 5.03. The van der Waals surface area contributed by atoms with Crippen LogP contribution < -0.4 is 5.32 Å². The number of nitrogens with one attached hydrogen (secondary N) is 1. The van der Waals surface area contributed by atoms with Gasteiger partial charge in [-0.3, -0.25) is 4.79 Å². The summed E-state index contributed by atoms with van der Waals surface area (Å²) in [5.74, 6) is 0.720. The fourth-order valence-electron chi connectivity index (χ4n) is 2.67. The van der Waals surface area contributed by atoms with Crippen molar-refractivity contribution < 1.29 is 4.79 Å². The molecule has 1 atom stereocenters. The second-order valence-electron chi connectivity index (χ2n) is 5.17. The quantitative estimate of drug-likeness (QED) is 0.815. The predicted octanol–water partition coefficient (Wildman–Crippen LogP) is 3.99. The van der Waals surface area contributed by atoms with Gasteiger partial charge in [0.05, 0.1) is 0 Å². The van der Waals surface area contributed by atoms with Gasteiger partial charge in [0.1, 0.15) is 0 Å². The molecule has 0 radical (unpaired) electrons. The summed E-state index contributed by atoms with van der Waals surface area (Å²) < 4.78 is 1.10. The van der Waals surface area contributed by atoms with Crippen LogP contribution in [0.3, 0.4) is 0 Å². The molecule has 98 valence electrons. The van der Waals surface area contributed by atoms with E-state index >= 15 is 0 Å². The number of hydrogen-bond acceptors (Lipinski definition) is 1. The summed E-state index contributed by atoms with van der Waals surface area (Å²) in [7, 11) is 0. The third kappa shape index (κ3) is 3.70. The Balaban J connectivity index is 1.94. The van der Waals surface area contributed by atoms with E-state index in [1.807, 2.05) is 24.3 Å². The molecule has 0 aliphatic heterocycles. The van der Waals surface area contributed by atoms with E-state index in [0.29, 0.717) is 5.92 Å². The monoisotopic (exact) mass is 357 g/mol. The summed E-state index contributed by atoms with van der Waals surface area (Å²) in [6, 6.07) is 8.04. The maximum atomic E-state index is 12.1. The predicted molar refractivity (Wildman–Crippen MR) is 82.7 cm³/mol. The SMILES string of the molecule is CC(NC(=O)c1cccc(I)c1)C1CCCCC1. The van der Waals surface area contributed by atoms with Crippen LogP contribution in [0, 0.1) is 9.49 Å². The summed E-state index contributed by atoms with van der Waals surface area (Å²) in [4.78, 5) is 12.1. The molecule has 1 saturated carbocycles. The maximum absolute atomic E-state index is 12.1. The summed E-state index contributed by atoms with van der Waals surface area (Å²) in [6.45, 7) is 2.14. The fraction of sp³-hybridized carbons (Fsp3) is 0.533. The van der Waals surface area contributed by atoms with E-state index in [1.54, 1.807) is 0 Å². The van der Waals surface area contributed by atoms with Gasteiger partial charge < -0.3 is 5.32 Å². The number of halogens is 1. The van der Waals surface area contributed by atoms with Gasteiger partial charge in [-0.2, -0.15) is 0 Å². The number of rotatable bonds is 3. The highest BCUT2D eigenvalue weighted by molar-refractivity contribution is 14.1. The van der Waals surface area contributed by atoms with Crippen LogP contribution in [-0.4, -0.2) is 11.9 Å². The Morgan fingerprint density at radius 1 is 1.33 bits per heavy atom. The standard InChI is InChI=1S/C15H20INO/c1-11(12-6-3-2-4-7-12)17-15(18)13-8-5-9-14(16)10-13/h5,8-12H,2-4,6-7H2,1H3,(H,17,18). The zero-order valence-corrected chi connectivity index (χ0v) is 12.9. The van der Waals surface area contributed by atoms with Crippen LogP contribution in [0.5, 0.6) is 0 Å². The lowest BCUT2D eigenvalue weighted by Gasteiger charge is -2.28. The normalized spacial score (nSPS) is 18.3. The van der Waals surface area contributed by atoms with Gasteiger partial charge in [0.25, 0.3) is 5.91 Å². The molecule has 1 aliphatic carbocycles. The van der Waals surface area contributed by atoms with E-state index in [4.69, 9.17) is 0 Å². The number of benzene rings is 1. The van der Waals surface area contributed by atoms with Gasteiger partial charge in [0, 0.05) is 15.2 Å². The first-order chi connectivity index (χ1) is 8.66. The Labute approximate surface area is 123 Å². The van der Waals surface area contributed by atoms with Crippen molar-refractivity contribution in [1.29, 1.82) is 0 Å². The second-order valence-corrected chi connectivity index (χ2v) is 6.42. The first kappa shape index (κ1) is 13.8. The van der Waals surface area contributed by atoms with E-state index in [9.17, 15) is 4.79 Å². The van der Waals surface area contributed by atoms with Crippen LogP contribution in [0.25, 0.3) is 0 Å². The van der Waals surface area contributed by atoms with E-state index in [-0.39, 0.29) is 11.9 Å². The van der Waals surface area contributed by atoms with Crippen molar-refractivity contribution in [2.75, 3.05) is 0 Å². The van der Waals surface area contributed by atoms with E-state index in [1.165, 1.54) is 32.1 Å². The van der Waals surface area contributed by atoms with E-state index in [2.05, 4.69) is 34.8 Å². The van der Waals surface area contributed by atoms with Crippen molar-refractivity contribution in [2.45, 2.75) is 45.1 Å². The minimum atomic E-state index is 0.0617. The molecular formula is C15H20INO. The molecule has 0 aromatic heterocycles. The average Bonchev–Trinajstić information content (AvgIpc) is 2.39. The molecule has 3 heteroatoms. The number of carbonyl (C=O) groups is 1. The highest BCUT2D eigenvalue weighted by Gasteiger charge is 2.21. The number of carbonyl (C=O) groups excluding carboxylic acids is 1. The van der Waals surface area contributed by atoms with Crippen LogP contribution in [0.15, 0.2) is 24.3 Å². The Bertz CT molecular complexity index is 413. The number of hydrogen-bond donors (Lipinski definition) is 1. The molecule has 0 heterocycles. The third-order valence-corrected chi connectivity index (χ3v) is 4.47. The Morgan fingerprint density at radius 2 is 2.06 bits per heavy atom. The van der Waals surface area contributed by atoms with Crippen LogP contribution in [0.4, 0.5) is 0 Å². The lowest BCUT2D eigenvalue weighted by molar-refractivity contribution is 0.0919. The van der Waals surface area contributed by atoms with E-state index < -0.39 is 0 Å². The van der Waals surface area contributed by atoms with Gasteiger partial charge in [-0.25, -0.2) is 0 Å². The molecule has 0 spiro atoms. The van der Waals surface area contributed by atoms with Crippen LogP contribution >= 0.6 is 22.6 Å². The number of amides is 1. The molecule has 1 amide bonds. The molecule has 1 aliphatic rings. The van der Waals surface area contributed by atoms with Crippen molar-refractivity contribution in [3.05, 3.63) is 33.4 Å². The third-order valence-electron chi connectivity index (χ3n) is 3.80. The van der Waals surface area contributed by atoms with Crippen LogP contribution in [-0.2, 0) is 0 Å². The average molecular weight is 357 g/mol. The van der Waals surface area contributed by atoms with Gasteiger partial charge in [-0.15, -0.1) is 0 Å². The van der Waals surface area contributed by atoms with Crippen molar-refractivity contribution in [1.82, 2.24) is 5.32 Å². The molecule has 2 rings (SSSR count). The molecule has 1 aromatic carbocycles. The summed E-state index contributed by atoms with van der Waals surface area (Å²) in [6.07, 6.45) is 6.50. The minimum Gasteiger partial charge on any atom is -0.349 e. The fourth-order valence-corrected chi connectivity index (χ4v) is 3.21. The molecule has 0 bridgehead atoms. The lowest BCUT2D eigenvalue weighted by Crippen LogP contribution is -2.38. The summed E-state index contributed by atoms with van der Waals surface area (Å²) in [5, 5.41) is 3.15. The highest BCUT2D eigenvalue weighted by Crippen LogP contribution is 2.26. The molecular weight excluding hydrogens is 337 g/mol. The van der Waals surface area contributed by atoms with Crippen LogP contribution in [0.2, 0.25) is 0 Å². The van der Waals surface area contributed by atoms with Crippen molar-refractivity contribution in [2.24, 2.45) is 5.92 Å². The molecule has 18 heavy (non-hydrogen) atoms. The topological polar surface area (TPSA) is 29.1 Å². The lowest BCUT2D eigenvalue weighted by atomic mass is 9.84. The Morgan fingerprint density at radius 3 is 2.72 bits per heavy atom. The molecule has 1 aromatic rings. The van der Waals surface area contributed by atoms with Gasteiger partial charge >= 0.3 is 0 Å². The molecule has 0 saturated heterocycles. The first-order valence-electron chi connectivity index (χ1n) is 6.73. The van der Waals surface area contributed by atoms with Gasteiger partial charge in [-0.1, -0.05) is 25.3 Å². The zero-order chi connectivity index (χ0) is 13.0. The van der Waals surface area contributed by atoms with Crippen molar-refractivity contribution in [3.63, 3.8) is 0 Å². The maximum Gasteiger partial charge on any atom is 0.251 e. The largest absolute Gasteiger partial charge is 0.349 e. The van der Waals surface area contributed by atoms with Crippen molar-refractivity contribution >= 4 is 28.5 Å². The molecule has 1 N–H and O–H groups in total. The molecule has 2 nitrogen and oxygen atoms in total. The second kappa shape index (κ2) is 6.55.